The van der Waals surface area contributed by atoms with E-state index < -0.39 is 17.6 Å². The van der Waals surface area contributed by atoms with Crippen LogP contribution in [0.15, 0.2) is 65.4 Å². The van der Waals surface area contributed by atoms with Crippen LogP contribution in [-0.4, -0.2) is 33.0 Å². The third-order valence-electron chi connectivity index (χ3n) is 4.48. The topological polar surface area (TPSA) is 95.1 Å². The van der Waals surface area contributed by atoms with Crippen LogP contribution >= 0.6 is 0 Å². The maximum atomic E-state index is 12.7. The van der Waals surface area contributed by atoms with Crippen molar-refractivity contribution in [2.45, 2.75) is 12.7 Å². The van der Waals surface area contributed by atoms with Gasteiger partial charge in [0.05, 0.1) is 25.4 Å². The summed E-state index contributed by atoms with van der Waals surface area (Å²) in [5, 5.41) is 10.3. The molecular formula is C21H16F3N5O3. The number of oxazole rings is 1. The van der Waals surface area contributed by atoms with Crippen LogP contribution in [0.25, 0.3) is 11.5 Å². The van der Waals surface area contributed by atoms with Gasteiger partial charge in [0, 0.05) is 5.56 Å². The number of methoxy groups -OCH3 is 1. The van der Waals surface area contributed by atoms with Crippen molar-refractivity contribution < 1.29 is 27.1 Å². The molecule has 1 amide bonds. The number of alkyl halides is 3. The second kappa shape index (κ2) is 8.53. The lowest BCUT2D eigenvalue weighted by atomic mass is 10.1. The van der Waals surface area contributed by atoms with Crippen molar-refractivity contribution in [3.8, 4) is 17.2 Å². The molecule has 164 valence electrons. The molecule has 0 atom stereocenters. The fourth-order valence-electron chi connectivity index (χ4n) is 2.84. The quantitative estimate of drug-likeness (QED) is 0.479. The standard InChI is InChI=1S/C21H16F3N5O3/c1-31-16-8-4-14(5-9-16)20-25-17(12-32-20)19(30)26-18-11-29(28-27-18)10-13-2-6-15(7-3-13)21(22,23)24/h2-9,11-12H,10H2,1H3,(H,26,30). The van der Waals surface area contributed by atoms with Crippen LogP contribution < -0.4 is 10.1 Å². The lowest BCUT2D eigenvalue weighted by Gasteiger charge is -2.07. The number of amides is 1. The van der Waals surface area contributed by atoms with Crippen LogP contribution in [0.5, 0.6) is 5.75 Å². The molecule has 2 aromatic carbocycles. The monoisotopic (exact) mass is 443 g/mol. The Hall–Kier alpha value is -4.15. The lowest BCUT2D eigenvalue weighted by Crippen LogP contribution is -2.12. The summed E-state index contributed by atoms with van der Waals surface area (Å²) in [4.78, 5) is 16.6. The van der Waals surface area contributed by atoms with Crippen LogP contribution in [0.3, 0.4) is 0 Å². The minimum atomic E-state index is -4.39. The van der Waals surface area contributed by atoms with Crippen LogP contribution in [0.4, 0.5) is 19.0 Å². The van der Waals surface area contributed by atoms with Crippen LogP contribution in [0.1, 0.15) is 21.6 Å². The van der Waals surface area contributed by atoms with Gasteiger partial charge < -0.3 is 14.5 Å². The zero-order chi connectivity index (χ0) is 22.7. The summed E-state index contributed by atoms with van der Waals surface area (Å²) < 4.78 is 49.8. The van der Waals surface area contributed by atoms with Crippen molar-refractivity contribution in [3.63, 3.8) is 0 Å². The van der Waals surface area contributed by atoms with E-state index >= 15 is 0 Å². The highest BCUT2D eigenvalue weighted by atomic mass is 19.4. The number of aromatic nitrogens is 4. The second-order valence-corrected chi connectivity index (χ2v) is 6.72. The number of ether oxygens (including phenoxy) is 1. The SMILES string of the molecule is COc1ccc(-c2nc(C(=O)Nc3cn(Cc4ccc(C(F)(F)F)cc4)nn3)co2)cc1. The Bertz CT molecular complexity index is 1210. The molecule has 2 aromatic heterocycles. The summed E-state index contributed by atoms with van der Waals surface area (Å²) >= 11 is 0. The van der Waals surface area contributed by atoms with E-state index in [9.17, 15) is 18.0 Å². The van der Waals surface area contributed by atoms with Gasteiger partial charge in [-0.25, -0.2) is 9.67 Å². The summed E-state index contributed by atoms with van der Waals surface area (Å²) in [5.41, 5.74) is 0.594. The summed E-state index contributed by atoms with van der Waals surface area (Å²) in [6.45, 7) is 0.187. The summed E-state index contributed by atoms with van der Waals surface area (Å²) in [5.74, 6) is 0.562. The lowest BCUT2D eigenvalue weighted by molar-refractivity contribution is -0.137. The zero-order valence-corrected chi connectivity index (χ0v) is 16.6. The number of nitrogens with one attached hydrogen (secondary N) is 1. The predicted octanol–water partition coefficient (Wildman–Crippen LogP) is 4.26. The molecule has 0 spiro atoms. The molecule has 0 aliphatic rings. The van der Waals surface area contributed by atoms with Crippen molar-refractivity contribution in [1.82, 2.24) is 20.0 Å². The number of carbonyl (C=O) groups is 1. The predicted molar refractivity (Wildman–Crippen MR) is 107 cm³/mol. The van der Waals surface area contributed by atoms with Crippen LogP contribution in [0, 0.1) is 0 Å². The van der Waals surface area contributed by atoms with Gasteiger partial charge in [0.25, 0.3) is 5.91 Å². The van der Waals surface area contributed by atoms with E-state index in [0.29, 0.717) is 16.9 Å². The number of carbonyl (C=O) groups excluding carboxylic acids is 1. The smallest absolute Gasteiger partial charge is 0.416 e. The highest BCUT2D eigenvalue weighted by Crippen LogP contribution is 2.29. The number of hydrogen-bond acceptors (Lipinski definition) is 6. The highest BCUT2D eigenvalue weighted by molar-refractivity contribution is 6.02. The van der Waals surface area contributed by atoms with Gasteiger partial charge >= 0.3 is 6.18 Å². The van der Waals surface area contributed by atoms with Gasteiger partial charge in [-0.05, 0) is 42.0 Å². The number of halogens is 3. The van der Waals surface area contributed by atoms with Gasteiger partial charge in [-0.15, -0.1) is 5.10 Å². The van der Waals surface area contributed by atoms with Crippen molar-refractivity contribution in [2.24, 2.45) is 0 Å². The van der Waals surface area contributed by atoms with E-state index in [-0.39, 0.29) is 23.9 Å². The van der Waals surface area contributed by atoms with Gasteiger partial charge in [0.15, 0.2) is 11.5 Å². The van der Waals surface area contributed by atoms with Gasteiger partial charge in [-0.1, -0.05) is 17.3 Å². The van der Waals surface area contributed by atoms with Crippen molar-refractivity contribution in [3.05, 3.63) is 77.8 Å². The fraction of sp³-hybridized carbons (Fsp3) is 0.143. The largest absolute Gasteiger partial charge is 0.497 e. The van der Waals surface area contributed by atoms with E-state index in [4.69, 9.17) is 9.15 Å². The molecule has 8 nitrogen and oxygen atoms in total. The average molecular weight is 443 g/mol. The minimum Gasteiger partial charge on any atom is -0.497 e. The first kappa shape index (κ1) is 21.1. The van der Waals surface area contributed by atoms with Crippen molar-refractivity contribution in [2.75, 3.05) is 12.4 Å². The Balaban J connectivity index is 1.39. The first-order valence-corrected chi connectivity index (χ1v) is 9.29. The first-order chi connectivity index (χ1) is 15.3. The molecule has 11 heteroatoms. The normalized spacial score (nSPS) is 11.4. The molecule has 4 aromatic rings. The summed E-state index contributed by atoms with van der Waals surface area (Å²) in [6.07, 6.45) is -1.71. The Morgan fingerprint density at radius 3 is 2.50 bits per heavy atom. The van der Waals surface area contributed by atoms with Crippen molar-refractivity contribution in [1.29, 1.82) is 0 Å². The average Bonchev–Trinajstić information content (AvgIpc) is 3.43. The van der Waals surface area contributed by atoms with Crippen LogP contribution in [-0.2, 0) is 12.7 Å². The molecule has 0 saturated carbocycles. The second-order valence-electron chi connectivity index (χ2n) is 6.72. The zero-order valence-electron chi connectivity index (χ0n) is 16.6. The van der Waals surface area contributed by atoms with E-state index in [1.165, 1.54) is 29.3 Å². The third kappa shape index (κ3) is 4.77. The first-order valence-electron chi connectivity index (χ1n) is 9.29. The molecule has 2 heterocycles. The van der Waals surface area contributed by atoms with E-state index in [1.807, 2.05) is 0 Å². The number of rotatable bonds is 6. The van der Waals surface area contributed by atoms with E-state index in [1.54, 1.807) is 31.4 Å². The minimum absolute atomic E-state index is 0.0492. The number of anilines is 1. The maximum Gasteiger partial charge on any atom is 0.416 e. The molecule has 0 saturated heterocycles. The van der Waals surface area contributed by atoms with Gasteiger partial charge in [0.1, 0.15) is 12.0 Å². The number of hydrogen-bond donors (Lipinski definition) is 1. The number of nitrogens with zero attached hydrogens (tertiary/aromatic N) is 4. The van der Waals surface area contributed by atoms with Crippen molar-refractivity contribution >= 4 is 11.7 Å². The Morgan fingerprint density at radius 1 is 1.12 bits per heavy atom. The molecule has 32 heavy (non-hydrogen) atoms. The molecule has 0 fully saturated rings. The van der Waals surface area contributed by atoms with Gasteiger partial charge in [0.2, 0.25) is 5.89 Å². The summed E-state index contributed by atoms with van der Waals surface area (Å²) in [7, 11) is 1.56. The molecule has 1 N–H and O–H groups in total. The molecule has 0 aliphatic heterocycles. The summed E-state index contributed by atoms with van der Waals surface area (Å²) in [6, 6.07) is 11.7. The Labute approximate surface area is 179 Å². The molecular weight excluding hydrogens is 427 g/mol. The molecule has 0 aliphatic carbocycles. The number of benzene rings is 2. The molecule has 0 radical (unpaired) electrons. The Kier molecular flexibility index (Phi) is 5.63. The van der Waals surface area contributed by atoms with E-state index in [2.05, 4.69) is 20.6 Å². The fourth-order valence-corrected chi connectivity index (χ4v) is 2.84. The van der Waals surface area contributed by atoms with Gasteiger partial charge in [-0.2, -0.15) is 13.2 Å². The van der Waals surface area contributed by atoms with Gasteiger partial charge in [-0.3, -0.25) is 4.79 Å². The molecule has 4 rings (SSSR count). The Morgan fingerprint density at radius 2 is 1.84 bits per heavy atom. The molecule has 0 bridgehead atoms. The van der Waals surface area contributed by atoms with E-state index in [0.717, 1.165) is 12.1 Å². The third-order valence-corrected chi connectivity index (χ3v) is 4.48. The maximum absolute atomic E-state index is 12.7. The van der Waals surface area contributed by atoms with Crippen LogP contribution in [0.2, 0.25) is 0 Å². The molecule has 0 unspecified atom stereocenters. The highest BCUT2D eigenvalue weighted by Gasteiger charge is 2.29.